The smallest absolute Gasteiger partial charge is 0.285 e. The number of nitrogens with zero attached hydrogens (tertiary/aromatic N) is 1. The zero-order chi connectivity index (χ0) is 12.9. The average molecular weight is 258 g/mol. The lowest BCUT2D eigenvalue weighted by atomic mass is 9.90. The van der Waals surface area contributed by atoms with Crippen LogP contribution in [0.2, 0.25) is 5.02 Å². The fraction of sp³-hybridized carbons (Fsp3) is 0.667. The van der Waals surface area contributed by atoms with E-state index in [1.165, 1.54) is 12.6 Å². The van der Waals surface area contributed by atoms with Gasteiger partial charge in [0.2, 0.25) is 0 Å². The SMILES string of the molecule is CC(C)(C)CCCCNc1cn[nH]c(=O)c1Cl. The molecule has 4 nitrogen and oxygen atoms in total. The molecule has 1 heterocycles. The molecule has 5 heteroatoms. The first-order valence-corrected chi connectivity index (χ1v) is 6.25. The van der Waals surface area contributed by atoms with E-state index in [0.717, 1.165) is 19.4 Å². The van der Waals surface area contributed by atoms with Crippen molar-refractivity contribution in [2.24, 2.45) is 5.41 Å². The highest BCUT2D eigenvalue weighted by atomic mass is 35.5. The van der Waals surface area contributed by atoms with Gasteiger partial charge in [-0.05, 0) is 18.3 Å². The first-order valence-electron chi connectivity index (χ1n) is 5.87. The molecule has 17 heavy (non-hydrogen) atoms. The van der Waals surface area contributed by atoms with Gasteiger partial charge in [0, 0.05) is 6.54 Å². The summed E-state index contributed by atoms with van der Waals surface area (Å²) in [6, 6.07) is 0. The molecule has 0 radical (unpaired) electrons. The average Bonchev–Trinajstić information content (AvgIpc) is 2.22. The van der Waals surface area contributed by atoms with Crippen LogP contribution in [-0.4, -0.2) is 16.7 Å². The van der Waals surface area contributed by atoms with Gasteiger partial charge in [-0.25, -0.2) is 5.10 Å². The Morgan fingerprint density at radius 2 is 2.12 bits per heavy atom. The monoisotopic (exact) mass is 257 g/mol. The largest absolute Gasteiger partial charge is 0.382 e. The number of unbranched alkanes of at least 4 members (excludes halogenated alkanes) is 1. The van der Waals surface area contributed by atoms with Crippen LogP contribution in [0.25, 0.3) is 0 Å². The van der Waals surface area contributed by atoms with Gasteiger partial charge in [0.25, 0.3) is 5.56 Å². The second-order valence-electron chi connectivity index (χ2n) is 5.37. The van der Waals surface area contributed by atoms with Crippen LogP contribution in [0.15, 0.2) is 11.0 Å². The lowest BCUT2D eigenvalue weighted by Crippen LogP contribution is -2.13. The topological polar surface area (TPSA) is 57.8 Å². The van der Waals surface area contributed by atoms with Gasteiger partial charge >= 0.3 is 0 Å². The highest BCUT2D eigenvalue weighted by Gasteiger charge is 2.09. The molecule has 0 aliphatic rings. The van der Waals surface area contributed by atoms with Crippen LogP contribution < -0.4 is 10.9 Å². The third-order valence-electron chi connectivity index (χ3n) is 2.46. The summed E-state index contributed by atoms with van der Waals surface area (Å²) in [4.78, 5) is 11.2. The van der Waals surface area contributed by atoms with Crippen molar-refractivity contribution in [2.75, 3.05) is 11.9 Å². The summed E-state index contributed by atoms with van der Waals surface area (Å²) in [7, 11) is 0. The zero-order valence-corrected chi connectivity index (χ0v) is 11.4. The van der Waals surface area contributed by atoms with Crippen LogP contribution in [0, 0.1) is 5.41 Å². The van der Waals surface area contributed by atoms with Crippen LogP contribution in [-0.2, 0) is 0 Å². The van der Waals surface area contributed by atoms with Crippen LogP contribution in [0.5, 0.6) is 0 Å². The van der Waals surface area contributed by atoms with E-state index < -0.39 is 0 Å². The molecule has 0 saturated heterocycles. The summed E-state index contributed by atoms with van der Waals surface area (Å²) in [6.07, 6.45) is 4.94. The molecule has 0 aromatic carbocycles. The summed E-state index contributed by atoms with van der Waals surface area (Å²) >= 11 is 5.83. The number of anilines is 1. The number of nitrogens with one attached hydrogen (secondary N) is 2. The molecule has 1 rings (SSSR count). The van der Waals surface area contributed by atoms with E-state index in [9.17, 15) is 4.79 Å². The maximum Gasteiger partial charge on any atom is 0.285 e. The van der Waals surface area contributed by atoms with Gasteiger partial charge < -0.3 is 5.32 Å². The van der Waals surface area contributed by atoms with Crippen molar-refractivity contribution < 1.29 is 0 Å². The standard InChI is InChI=1S/C12H20ClN3O/c1-12(2,3)6-4-5-7-14-9-8-15-16-11(17)10(9)13/h8H,4-7H2,1-3H3,(H2,14,16,17). The Hall–Kier alpha value is -1.03. The minimum atomic E-state index is -0.355. The molecule has 1 aromatic rings. The van der Waals surface area contributed by atoms with Crippen molar-refractivity contribution >= 4 is 17.3 Å². The van der Waals surface area contributed by atoms with Gasteiger partial charge in [0.05, 0.1) is 11.9 Å². The molecule has 2 N–H and O–H groups in total. The Bertz CT molecular complexity index is 409. The van der Waals surface area contributed by atoms with Gasteiger partial charge in [0.15, 0.2) is 0 Å². The van der Waals surface area contributed by atoms with E-state index >= 15 is 0 Å². The highest BCUT2D eigenvalue weighted by Crippen LogP contribution is 2.21. The van der Waals surface area contributed by atoms with Crippen molar-refractivity contribution in [3.05, 3.63) is 21.6 Å². The van der Waals surface area contributed by atoms with Crippen molar-refractivity contribution in [2.45, 2.75) is 40.0 Å². The molecular formula is C12H20ClN3O. The summed E-state index contributed by atoms with van der Waals surface area (Å²) in [5.74, 6) is 0. The number of aromatic amines is 1. The van der Waals surface area contributed by atoms with E-state index in [-0.39, 0.29) is 10.6 Å². The molecule has 1 aromatic heterocycles. The van der Waals surface area contributed by atoms with E-state index in [2.05, 4.69) is 36.3 Å². The number of hydrogen-bond acceptors (Lipinski definition) is 3. The fourth-order valence-electron chi connectivity index (χ4n) is 1.51. The van der Waals surface area contributed by atoms with E-state index in [4.69, 9.17) is 11.6 Å². The highest BCUT2D eigenvalue weighted by molar-refractivity contribution is 6.32. The molecule has 0 unspecified atom stereocenters. The van der Waals surface area contributed by atoms with Crippen LogP contribution in [0.1, 0.15) is 40.0 Å². The first kappa shape index (κ1) is 14.0. The van der Waals surface area contributed by atoms with E-state index in [1.54, 1.807) is 0 Å². The van der Waals surface area contributed by atoms with Crippen molar-refractivity contribution in [3.63, 3.8) is 0 Å². The fourth-order valence-corrected chi connectivity index (χ4v) is 1.67. The summed E-state index contributed by atoms with van der Waals surface area (Å²) < 4.78 is 0. The first-order chi connectivity index (χ1) is 7.90. The summed E-state index contributed by atoms with van der Waals surface area (Å²) in [5, 5.41) is 9.28. The van der Waals surface area contributed by atoms with Crippen LogP contribution in [0.3, 0.4) is 0 Å². The van der Waals surface area contributed by atoms with Crippen molar-refractivity contribution in [3.8, 4) is 0 Å². The quantitative estimate of drug-likeness (QED) is 0.797. The Balaban J connectivity index is 2.32. The Labute approximate surface area is 107 Å². The minimum absolute atomic E-state index is 0.177. The van der Waals surface area contributed by atoms with Crippen molar-refractivity contribution in [1.29, 1.82) is 0 Å². The van der Waals surface area contributed by atoms with Gasteiger partial charge in [-0.15, -0.1) is 0 Å². The number of H-pyrrole nitrogens is 1. The Kier molecular flexibility index (Phi) is 5.00. The van der Waals surface area contributed by atoms with E-state index in [1.807, 2.05) is 0 Å². The summed E-state index contributed by atoms with van der Waals surface area (Å²) in [5.41, 5.74) is 0.626. The number of aromatic nitrogens is 2. The maximum absolute atomic E-state index is 11.2. The van der Waals surface area contributed by atoms with Gasteiger partial charge in [-0.1, -0.05) is 38.8 Å². The number of hydrogen-bond donors (Lipinski definition) is 2. The molecule has 0 aliphatic heterocycles. The molecule has 96 valence electrons. The summed E-state index contributed by atoms with van der Waals surface area (Å²) in [6.45, 7) is 7.51. The third kappa shape index (κ3) is 5.22. The molecule has 0 amide bonds. The molecule has 0 fully saturated rings. The third-order valence-corrected chi connectivity index (χ3v) is 2.84. The maximum atomic E-state index is 11.2. The Morgan fingerprint density at radius 1 is 1.41 bits per heavy atom. The molecule has 0 bridgehead atoms. The lowest BCUT2D eigenvalue weighted by Gasteiger charge is -2.17. The van der Waals surface area contributed by atoms with Gasteiger partial charge in [-0.3, -0.25) is 4.79 Å². The van der Waals surface area contributed by atoms with Crippen LogP contribution >= 0.6 is 11.6 Å². The van der Waals surface area contributed by atoms with Gasteiger partial charge in [-0.2, -0.15) is 5.10 Å². The lowest BCUT2D eigenvalue weighted by molar-refractivity contribution is 0.362. The zero-order valence-electron chi connectivity index (χ0n) is 10.6. The normalized spacial score (nSPS) is 11.5. The molecular weight excluding hydrogens is 238 g/mol. The molecule has 0 saturated carbocycles. The molecule has 0 atom stereocenters. The second kappa shape index (κ2) is 6.05. The number of halogens is 1. The van der Waals surface area contributed by atoms with Crippen molar-refractivity contribution in [1.82, 2.24) is 10.2 Å². The number of rotatable bonds is 5. The molecule has 0 aliphatic carbocycles. The van der Waals surface area contributed by atoms with Gasteiger partial charge in [0.1, 0.15) is 5.02 Å². The predicted molar refractivity (Wildman–Crippen MR) is 71.7 cm³/mol. The second-order valence-corrected chi connectivity index (χ2v) is 5.75. The molecule has 0 spiro atoms. The Morgan fingerprint density at radius 3 is 2.76 bits per heavy atom. The van der Waals surface area contributed by atoms with Crippen LogP contribution in [0.4, 0.5) is 5.69 Å². The minimum Gasteiger partial charge on any atom is -0.382 e. The predicted octanol–water partition coefficient (Wildman–Crippen LogP) is 3.05. The van der Waals surface area contributed by atoms with E-state index in [0.29, 0.717) is 11.1 Å².